The molecule has 1 fully saturated rings. The number of carbonyl (C=O) groups excluding carboxylic acids is 1. The first kappa shape index (κ1) is 25.7. The van der Waals surface area contributed by atoms with Gasteiger partial charge in [0.05, 0.1) is 32.1 Å². The fraction of sp³-hybridized carbons (Fsp3) is 0.560. The second-order valence-corrected chi connectivity index (χ2v) is 8.72. The Bertz CT molecular complexity index is 986. The minimum Gasteiger partial charge on any atom is -0.497 e. The number of anilines is 1. The number of carbonyl (C=O) groups is 1. The first-order valence-electron chi connectivity index (χ1n) is 12.0. The van der Waals surface area contributed by atoms with Crippen LogP contribution in [0.15, 0.2) is 35.3 Å². The maximum Gasteiger partial charge on any atom is 0.272 e. The molecule has 0 bridgehead atoms. The summed E-state index contributed by atoms with van der Waals surface area (Å²) >= 11 is 0. The molecule has 0 spiro atoms. The monoisotopic (exact) mass is 471 g/mol. The van der Waals surface area contributed by atoms with Crippen LogP contribution in [-0.4, -0.2) is 72.6 Å². The van der Waals surface area contributed by atoms with Crippen molar-refractivity contribution in [3.8, 4) is 5.75 Å². The summed E-state index contributed by atoms with van der Waals surface area (Å²) < 4.78 is 12.3. The quantitative estimate of drug-likeness (QED) is 0.517. The SMILES string of the molecule is CCN(C(=O)COC[C@H](C)Nc1cnn(Cc2ccc(OC)cc2)c(=O)c1C)C1CCNCC1. The Morgan fingerprint density at radius 1 is 1.29 bits per heavy atom. The van der Waals surface area contributed by atoms with Crippen LogP contribution in [0.3, 0.4) is 0 Å². The minimum atomic E-state index is -0.148. The van der Waals surface area contributed by atoms with Gasteiger partial charge in [-0.2, -0.15) is 5.10 Å². The lowest BCUT2D eigenvalue weighted by molar-refractivity contribution is -0.138. The Hall–Kier alpha value is -2.91. The summed E-state index contributed by atoms with van der Waals surface area (Å²) in [6, 6.07) is 7.76. The maximum atomic E-state index is 12.8. The largest absolute Gasteiger partial charge is 0.497 e. The van der Waals surface area contributed by atoms with E-state index in [0.717, 1.165) is 37.2 Å². The van der Waals surface area contributed by atoms with Crippen LogP contribution in [0.5, 0.6) is 5.75 Å². The smallest absolute Gasteiger partial charge is 0.272 e. The summed E-state index contributed by atoms with van der Waals surface area (Å²) in [5.74, 6) is 0.798. The third-order valence-electron chi connectivity index (χ3n) is 6.18. The number of piperidine rings is 1. The first-order chi connectivity index (χ1) is 16.4. The van der Waals surface area contributed by atoms with Crippen molar-refractivity contribution in [2.75, 3.05) is 45.3 Å². The molecular formula is C25H37N5O4. The second-order valence-electron chi connectivity index (χ2n) is 8.72. The fourth-order valence-corrected chi connectivity index (χ4v) is 4.22. The van der Waals surface area contributed by atoms with Gasteiger partial charge in [-0.05, 0) is 64.4 Å². The van der Waals surface area contributed by atoms with Crippen molar-refractivity contribution < 1.29 is 14.3 Å². The predicted octanol–water partition coefficient (Wildman–Crippen LogP) is 2.03. The van der Waals surface area contributed by atoms with E-state index in [1.54, 1.807) is 20.2 Å². The van der Waals surface area contributed by atoms with Crippen molar-refractivity contribution in [1.29, 1.82) is 0 Å². The molecule has 186 valence electrons. The van der Waals surface area contributed by atoms with Gasteiger partial charge in [0.2, 0.25) is 5.91 Å². The number of nitrogens with one attached hydrogen (secondary N) is 2. The molecule has 1 aliphatic heterocycles. The zero-order valence-corrected chi connectivity index (χ0v) is 20.7. The Morgan fingerprint density at radius 3 is 2.65 bits per heavy atom. The van der Waals surface area contributed by atoms with Gasteiger partial charge in [-0.1, -0.05) is 12.1 Å². The standard InChI is InChI=1S/C25H37N5O4/c1-5-29(21-10-12-26-13-11-21)24(31)17-34-16-18(2)28-23-14-27-30(25(32)19(23)3)15-20-6-8-22(33-4)9-7-20/h6-9,14,18,21,26,28H,5,10-13,15-17H2,1-4H3/t18-/m0/s1. The average Bonchev–Trinajstić information content (AvgIpc) is 2.85. The molecule has 0 unspecified atom stereocenters. The normalized spacial score (nSPS) is 15.1. The molecule has 9 nitrogen and oxygen atoms in total. The van der Waals surface area contributed by atoms with Crippen LogP contribution in [0.4, 0.5) is 5.69 Å². The lowest BCUT2D eigenvalue weighted by Gasteiger charge is -2.34. The Kier molecular flexibility index (Phi) is 9.47. The molecule has 0 saturated carbocycles. The summed E-state index contributed by atoms with van der Waals surface area (Å²) in [5, 5.41) is 10.9. The summed E-state index contributed by atoms with van der Waals surface area (Å²) in [6.07, 6.45) is 3.62. The average molecular weight is 472 g/mol. The molecule has 1 atom stereocenters. The molecule has 2 aromatic rings. The number of methoxy groups -OCH3 is 1. The number of aromatic nitrogens is 2. The molecular weight excluding hydrogens is 434 g/mol. The van der Waals surface area contributed by atoms with E-state index >= 15 is 0 Å². The van der Waals surface area contributed by atoms with Gasteiger partial charge >= 0.3 is 0 Å². The molecule has 9 heteroatoms. The highest BCUT2D eigenvalue weighted by atomic mass is 16.5. The van der Waals surface area contributed by atoms with Crippen molar-refractivity contribution in [2.24, 2.45) is 0 Å². The van der Waals surface area contributed by atoms with Gasteiger partial charge in [0.25, 0.3) is 5.56 Å². The van der Waals surface area contributed by atoms with Crippen LogP contribution in [0, 0.1) is 6.92 Å². The van der Waals surface area contributed by atoms with Crippen molar-refractivity contribution >= 4 is 11.6 Å². The molecule has 1 aromatic carbocycles. The van der Waals surface area contributed by atoms with E-state index in [-0.39, 0.29) is 30.2 Å². The number of nitrogens with zero attached hydrogens (tertiary/aromatic N) is 3. The van der Waals surface area contributed by atoms with Crippen LogP contribution >= 0.6 is 0 Å². The molecule has 34 heavy (non-hydrogen) atoms. The van der Waals surface area contributed by atoms with E-state index in [1.807, 2.05) is 43.0 Å². The molecule has 1 aliphatic rings. The molecule has 1 aromatic heterocycles. The molecule has 2 heterocycles. The van der Waals surface area contributed by atoms with Crippen LogP contribution in [-0.2, 0) is 16.1 Å². The van der Waals surface area contributed by atoms with Gasteiger partial charge in [-0.3, -0.25) is 9.59 Å². The van der Waals surface area contributed by atoms with Gasteiger partial charge in [-0.25, -0.2) is 4.68 Å². The molecule has 0 radical (unpaired) electrons. The van der Waals surface area contributed by atoms with Gasteiger partial charge in [0, 0.05) is 24.2 Å². The fourth-order valence-electron chi connectivity index (χ4n) is 4.22. The second kappa shape index (κ2) is 12.5. The molecule has 1 saturated heterocycles. The number of hydrogen-bond donors (Lipinski definition) is 2. The van der Waals surface area contributed by atoms with Crippen molar-refractivity contribution in [1.82, 2.24) is 20.0 Å². The van der Waals surface area contributed by atoms with Gasteiger partial charge in [0.15, 0.2) is 0 Å². The van der Waals surface area contributed by atoms with Gasteiger partial charge in [-0.15, -0.1) is 0 Å². The number of amides is 1. The summed E-state index contributed by atoms with van der Waals surface area (Å²) in [5.41, 5.74) is 2.08. The number of ether oxygens (including phenoxy) is 2. The van der Waals surface area contributed by atoms with Crippen molar-refractivity contribution in [3.63, 3.8) is 0 Å². The van der Waals surface area contributed by atoms with E-state index in [4.69, 9.17) is 9.47 Å². The summed E-state index contributed by atoms with van der Waals surface area (Å²) in [6.45, 7) is 9.13. The van der Waals surface area contributed by atoms with E-state index in [1.165, 1.54) is 4.68 Å². The van der Waals surface area contributed by atoms with E-state index in [2.05, 4.69) is 15.7 Å². The topological polar surface area (TPSA) is 97.7 Å². The number of benzene rings is 1. The zero-order valence-electron chi connectivity index (χ0n) is 20.7. The first-order valence-corrected chi connectivity index (χ1v) is 12.0. The highest BCUT2D eigenvalue weighted by Gasteiger charge is 2.24. The minimum absolute atomic E-state index is 0.0283. The van der Waals surface area contributed by atoms with E-state index < -0.39 is 0 Å². The van der Waals surface area contributed by atoms with Crippen LogP contribution < -0.4 is 20.9 Å². The third kappa shape index (κ3) is 6.80. The molecule has 2 N–H and O–H groups in total. The lowest BCUT2D eigenvalue weighted by atomic mass is 10.0. The number of likely N-dealkylation sites (N-methyl/N-ethyl adjacent to an activating group) is 1. The highest BCUT2D eigenvalue weighted by molar-refractivity contribution is 5.77. The zero-order chi connectivity index (χ0) is 24.5. The van der Waals surface area contributed by atoms with Crippen molar-refractivity contribution in [2.45, 2.75) is 52.2 Å². The molecule has 1 amide bonds. The molecule has 0 aliphatic carbocycles. The Morgan fingerprint density at radius 2 is 2.00 bits per heavy atom. The maximum absolute atomic E-state index is 12.8. The summed E-state index contributed by atoms with van der Waals surface area (Å²) in [7, 11) is 1.62. The number of rotatable bonds is 11. The van der Waals surface area contributed by atoms with Gasteiger partial charge in [0.1, 0.15) is 12.4 Å². The van der Waals surface area contributed by atoms with Gasteiger partial charge < -0.3 is 25.0 Å². The van der Waals surface area contributed by atoms with Crippen LogP contribution in [0.2, 0.25) is 0 Å². The Labute approximate surface area is 201 Å². The predicted molar refractivity (Wildman–Crippen MR) is 133 cm³/mol. The van der Waals surface area contributed by atoms with E-state index in [9.17, 15) is 9.59 Å². The van der Waals surface area contributed by atoms with Crippen LogP contribution in [0.25, 0.3) is 0 Å². The van der Waals surface area contributed by atoms with Crippen LogP contribution in [0.1, 0.15) is 37.8 Å². The third-order valence-corrected chi connectivity index (χ3v) is 6.18. The summed E-state index contributed by atoms with van der Waals surface area (Å²) in [4.78, 5) is 27.4. The highest BCUT2D eigenvalue weighted by Crippen LogP contribution is 2.14. The Balaban J connectivity index is 1.51. The van der Waals surface area contributed by atoms with Crippen molar-refractivity contribution in [3.05, 3.63) is 51.9 Å². The molecule has 3 rings (SSSR count). The number of hydrogen-bond acceptors (Lipinski definition) is 7. The lowest BCUT2D eigenvalue weighted by Crippen LogP contribution is -2.47. The van der Waals surface area contributed by atoms with E-state index in [0.29, 0.717) is 30.9 Å².